The molecule has 3 N–H and O–H groups in total. The number of nitrogens with zero attached hydrogens (tertiary/aromatic N) is 5. The standard InChI is InChI=1S/C21H29N7O/c1-2-23-20(22)26-21-24-18-15-27(9-8-16-6-4-3-5-7-16)14-17(18)19(25-21)28-10-12-29-13-11-28/h3-7H,2,8-15H2,1H3,(H3,22,23,24,25,26). The first-order valence-electron chi connectivity index (χ1n) is 10.3. The van der Waals surface area contributed by atoms with Gasteiger partial charge < -0.3 is 15.4 Å². The summed E-state index contributed by atoms with van der Waals surface area (Å²) in [7, 11) is 0. The largest absolute Gasteiger partial charge is 0.378 e. The van der Waals surface area contributed by atoms with Gasteiger partial charge in [0.15, 0.2) is 5.96 Å². The minimum absolute atomic E-state index is 0.347. The predicted octanol–water partition coefficient (Wildman–Crippen LogP) is 1.62. The van der Waals surface area contributed by atoms with Crippen LogP contribution >= 0.6 is 0 Å². The van der Waals surface area contributed by atoms with E-state index in [4.69, 9.17) is 20.4 Å². The highest BCUT2D eigenvalue weighted by Crippen LogP contribution is 2.31. The van der Waals surface area contributed by atoms with Crippen molar-refractivity contribution in [3.05, 3.63) is 47.2 Å². The van der Waals surface area contributed by atoms with Gasteiger partial charge in [0.05, 0.1) is 18.9 Å². The summed E-state index contributed by atoms with van der Waals surface area (Å²) in [5.74, 6) is 1.86. The van der Waals surface area contributed by atoms with Crippen molar-refractivity contribution in [2.45, 2.75) is 26.4 Å². The molecule has 1 aromatic carbocycles. The first-order valence-corrected chi connectivity index (χ1v) is 10.3. The van der Waals surface area contributed by atoms with Crippen LogP contribution in [0, 0.1) is 0 Å². The van der Waals surface area contributed by atoms with E-state index >= 15 is 0 Å². The molecule has 2 aromatic rings. The lowest BCUT2D eigenvalue weighted by Crippen LogP contribution is -2.38. The van der Waals surface area contributed by atoms with Crippen LogP contribution in [0.25, 0.3) is 0 Å². The minimum atomic E-state index is 0.347. The Hall–Kier alpha value is -2.71. The fraction of sp³-hybridized carbons (Fsp3) is 0.476. The first kappa shape index (κ1) is 19.6. The minimum Gasteiger partial charge on any atom is -0.378 e. The van der Waals surface area contributed by atoms with Gasteiger partial charge in [-0.1, -0.05) is 30.3 Å². The summed E-state index contributed by atoms with van der Waals surface area (Å²) in [6.45, 7) is 8.36. The first-order chi connectivity index (χ1) is 14.2. The second kappa shape index (κ2) is 9.19. The molecule has 1 fully saturated rings. The molecular formula is C21H29N7O. The van der Waals surface area contributed by atoms with E-state index in [1.54, 1.807) is 0 Å². The average Bonchev–Trinajstić information content (AvgIpc) is 3.16. The van der Waals surface area contributed by atoms with Crippen LogP contribution in [0.1, 0.15) is 23.7 Å². The third-order valence-electron chi connectivity index (χ3n) is 5.26. The van der Waals surface area contributed by atoms with E-state index < -0.39 is 0 Å². The molecule has 8 nitrogen and oxygen atoms in total. The number of benzene rings is 1. The van der Waals surface area contributed by atoms with Crippen molar-refractivity contribution in [3.63, 3.8) is 0 Å². The molecule has 3 heterocycles. The van der Waals surface area contributed by atoms with Gasteiger partial charge in [-0.3, -0.25) is 15.2 Å². The Kier molecular flexibility index (Phi) is 6.21. The SMILES string of the molecule is CCN=C(N)Nc1nc2c(c(N3CCOCC3)n1)CN(CCc1ccccc1)C2. The van der Waals surface area contributed by atoms with Gasteiger partial charge in [0, 0.05) is 44.8 Å². The Morgan fingerprint density at radius 3 is 2.72 bits per heavy atom. The number of aromatic nitrogens is 2. The number of guanidine groups is 1. The van der Waals surface area contributed by atoms with Crippen LogP contribution < -0.4 is 16.0 Å². The van der Waals surface area contributed by atoms with Gasteiger partial charge in [-0.15, -0.1) is 0 Å². The molecule has 0 saturated carbocycles. The van der Waals surface area contributed by atoms with Crippen molar-refractivity contribution in [1.82, 2.24) is 14.9 Å². The molecule has 2 aliphatic heterocycles. The highest BCUT2D eigenvalue weighted by Gasteiger charge is 2.28. The quantitative estimate of drug-likeness (QED) is 0.567. The Morgan fingerprint density at radius 1 is 1.17 bits per heavy atom. The molecule has 1 saturated heterocycles. The van der Waals surface area contributed by atoms with Gasteiger partial charge in [0.1, 0.15) is 5.82 Å². The van der Waals surface area contributed by atoms with Crippen molar-refractivity contribution < 1.29 is 4.74 Å². The summed E-state index contributed by atoms with van der Waals surface area (Å²) in [6, 6.07) is 10.6. The molecule has 0 amide bonds. The lowest BCUT2D eigenvalue weighted by atomic mass is 10.1. The lowest BCUT2D eigenvalue weighted by Gasteiger charge is -2.29. The zero-order valence-corrected chi connectivity index (χ0v) is 17.0. The maximum Gasteiger partial charge on any atom is 0.231 e. The summed E-state index contributed by atoms with van der Waals surface area (Å²) < 4.78 is 5.53. The summed E-state index contributed by atoms with van der Waals surface area (Å²) >= 11 is 0. The van der Waals surface area contributed by atoms with E-state index in [0.717, 1.165) is 63.9 Å². The van der Waals surface area contributed by atoms with E-state index in [0.29, 0.717) is 18.5 Å². The van der Waals surface area contributed by atoms with Crippen LogP contribution in [0.4, 0.5) is 11.8 Å². The van der Waals surface area contributed by atoms with Gasteiger partial charge in [0.25, 0.3) is 0 Å². The van der Waals surface area contributed by atoms with Crippen LogP contribution in [0.3, 0.4) is 0 Å². The number of rotatable bonds is 6. The van der Waals surface area contributed by atoms with Gasteiger partial charge in [-0.2, -0.15) is 4.98 Å². The van der Waals surface area contributed by atoms with Gasteiger partial charge in [-0.05, 0) is 18.9 Å². The molecule has 4 rings (SSSR count). The van der Waals surface area contributed by atoms with E-state index in [-0.39, 0.29) is 0 Å². The van der Waals surface area contributed by atoms with Crippen LogP contribution in [0.15, 0.2) is 35.3 Å². The Bertz CT molecular complexity index is 850. The molecule has 2 aliphatic rings. The number of hydrogen-bond acceptors (Lipinski definition) is 6. The molecular weight excluding hydrogens is 366 g/mol. The number of nitrogens with one attached hydrogen (secondary N) is 1. The fourth-order valence-electron chi connectivity index (χ4n) is 3.81. The number of ether oxygens (including phenoxy) is 1. The number of fused-ring (bicyclic) bond motifs is 1. The number of anilines is 2. The molecule has 0 spiro atoms. The third kappa shape index (κ3) is 4.83. The molecule has 0 radical (unpaired) electrons. The lowest BCUT2D eigenvalue weighted by molar-refractivity contribution is 0.122. The highest BCUT2D eigenvalue weighted by molar-refractivity contribution is 5.90. The summed E-state index contributed by atoms with van der Waals surface area (Å²) in [6.07, 6.45) is 1.02. The molecule has 29 heavy (non-hydrogen) atoms. The molecule has 8 heteroatoms. The second-order valence-electron chi connectivity index (χ2n) is 7.33. The molecule has 0 aliphatic carbocycles. The Labute approximate surface area is 171 Å². The Morgan fingerprint density at radius 2 is 1.97 bits per heavy atom. The summed E-state index contributed by atoms with van der Waals surface area (Å²) in [5.41, 5.74) is 9.59. The van der Waals surface area contributed by atoms with Crippen molar-refractivity contribution in [2.75, 3.05) is 49.6 Å². The smallest absolute Gasteiger partial charge is 0.231 e. The molecule has 154 valence electrons. The normalized spacial score (nSPS) is 17.4. The van der Waals surface area contributed by atoms with Crippen LogP contribution in [0.5, 0.6) is 0 Å². The topological polar surface area (TPSA) is 91.9 Å². The van der Waals surface area contributed by atoms with Crippen molar-refractivity contribution in [1.29, 1.82) is 0 Å². The summed E-state index contributed by atoms with van der Waals surface area (Å²) in [4.78, 5) is 18.5. The van der Waals surface area contributed by atoms with E-state index in [1.165, 1.54) is 11.1 Å². The zero-order valence-electron chi connectivity index (χ0n) is 17.0. The van der Waals surface area contributed by atoms with E-state index in [9.17, 15) is 0 Å². The van der Waals surface area contributed by atoms with Crippen molar-refractivity contribution in [3.8, 4) is 0 Å². The molecule has 0 atom stereocenters. The van der Waals surface area contributed by atoms with Gasteiger partial charge >= 0.3 is 0 Å². The van der Waals surface area contributed by atoms with E-state index in [1.807, 2.05) is 6.92 Å². The predicted molar refractivity (Wildman–Crippen MR) is 115 cm³/mol. The van der Waals surface area contributed by atoms with E-state index in [2.05, 4.69) is 50.4 Å². The van der Waals surface area contributed by atoms with Gasteiger partial charge in [0.2, 0.25) is 5.95 Å². The summed E-state index contributed by atoms with van der Waals surface area (Å²) in [5, 5.41) is 3.05. The molecule has 0 unspecified atom stereocenters. The second-order valence-corrected chi connectivity index (χ2v) is 7.33. The number of morpholine rings is 1. The van der Waals surface area contributed by atoms with Crippen LogP contribution in [-0.4, -0.2) is 60.2 Å². The monoisotopic (exact) mass is 395 g/mol. The number of nitrogens with two attached hydrogens (primary N) is 1. The number of aliphatic imine (C=N–C) groups is 1. The average molecular weight is 396 g/mol. The van der Waals surface area contributed by atoms with Crippen LogP contribution in [0.2, 0.25) is 0 Å². The third-order valence-corrected chi connectivity index (χ3v) is 5.26. The fourth-order valence-corrected chi connectivity index (χ4v) is 3.81. The molecule has 1 aromatic heterocycles. The maximum absolute atomic E-state index is 5.94. The number of hydrogen-bond donors (Lipinski definition) is 2. The maximum atomic E-state index is 5.94. The highest BCUT2D eigenvalue weighted by atomic mass is 16.5. The van der Waals surface area contributed by atoms with Crippen molar-refractivity contribution >= 4 is 17.7 Å². The van der Waals surface area contributed by atoms with Gasteiger partial charge in [-0.25, -0.2) is 4.98 Å². The molecule has 0 bridgehead atoms. The van der Waals surface area contributed by atoms with Crippen LogP contribution in [-0.2, 0) is 24.2 Å². The zero-order chi connectivity index (χ0) is 20.1. The Balaban J connectivity index is 1.54. The van der Waals surface area contributed by atoms with Crippen molar-refractivity contribution in [2.24, 2.45) is 10.7 Å².